The Kier molecular flexibility index (Phi) is 7.74. The Morgan fingerprint density at radius 2 is 1.86 bits per heavy atom. The molecule has 0 radical (unpaired) electrons. The summed E-state index contributed by atoms with van der Waals surface area (Å²) in [6.45, 7) is 3.02. The summed E-state index contributed by atoms with van der Waals surface area (Å²) >= 11 is 12.6. The monoisotopic (exact) mass is 420 g/mol. The molecule has 1 saturated heterocycles. The molecule has 2 aromatic rings. The van der Waals surface area contributed by atoms with Gasteiger partial charge in [0.25, 0.3) is 0 Å². The number of hydrogen-bond acceptors (Lipinski definition) is 4. The van der Waals surface area contributed by atoms with Crippen molar-refractivity contribution in [3.8, 4) is 5.75 Å². The lowest BCUT2D eigenvalue weighted by atomic mass is 10.0. The van der Waals surface area contributed by atoms with Crippen molar-refractivity contribution in [3.05, 3.63) is 63.6 Å². The third-order valence-electron chi connectivity index (χ3n) is 5.19. The first kappa shape index (κ1) is 21.1. The second-order valence-corrected chi connectivity index (χ2v) is 7.85. The van der Waals surface area contributed by atoms with Crippen molar-refractivity contribution in [2.45, 2.75) is 25.3 Å². The summed E-state index contributed by atoms with van der Waals surface area (Å²) in [4.78, 5) is 15.0. The Morgan fingerprint density at radius 3 is 2.54 bits per heavy atom. The van der Waals surface area contributed by atoms with Gasteiger partial charge in [-0.1, -0.05) is 47.8 Å². The molecule has 1 atom stereocenters. The minimum atomic E-state index is 0.00102. The molecule has 28 heavy (non-hydrogen) atoms. The summed E-state index contributed by atoms with van der Waals surface area (Å²) in [5.74, 6) is 0.566. The summed E-state index contributed by atoms with van der Waals surface area (Å²) in [5, 5.41) is 4.54. The van der Waals surface area contributed by atoms with Crippen molar-refractivity contribution in [1.29, 1.82) is 0 Å². The van der Waals surface area contributed by atoms with Gasteiger partial charge in [0, 0.05) is 23.2 Å². The number of carbonyl (C=O) groups is 1. The van der Waals surface area contributed by atoms with E-state index in [1.54, 1.807) is 25.3 Å². The molecule has 0 bridgehead atoms. The zero-order valence-electron chi connectivity index (χ0n) is 16.1. The minimum absolute atomic E-state index is 0.00102. The topological polar surface area (TPSA) is 41.6 Å². The molecule has 150 valence electrons. The van der Waals surface area contributed by atoms with Gasteiger partial charge in [-0.05, 0) is 55.8 Å². The van der Waals surface area contributed by atoms with E-state index in [1.165, 1.54) is 19.3 Å². The average Bonchev–Trinajstić information content (AvgIpc) is 2.72. The molecule has 4 nitrogen and oxygen atoms in total. The Labute approximate surface area is 176 Å². The van der Waals surface area contributed by atoms with Gasteiger partial charge in [-0.3, -0.25) is 9.69 Å². The highest BCUT2D eigenvalue weighted by atomic mass is 35.5. The molecule has 0 saturated carbocycles. The van der Waals surface area contributed by atoms with E-state index in [-0.39, 0.29) is 18.4 Å². The van der Waals surface area contributed by atoms with Crippen molar-refractivity contribution >= 4 is 29.0 Å². The maximum Gasteiger partial charge on any atom is 0.176 e. The van der Waals surface area contributed by atoms with Gasteiger partial charge in [0.2, 0.25) is 0 Å². The lowest BCUT2D eigenvalue weighted by molar-refractivity contribution is 0.0983. The van der Waals surface area contributed by atoms with E-state index in [4.69, 9.17) is 27.9 Å². The van der Waals surface area contributed by atoms with Gasteiger partial charge in [-0.15, -0.1) is 0 Å². The second-order valence-electron chi connectivity index (χ2n) is 7.04. The molecule has 2 aromatic carbocycles. The van der Waals surface area contributed by atoms with Crippen molar-refractivity contribution in [2.24, 2.45) is 0 Å². The van der Waals surface area contributed by atoms with E-state index in [0.29, 0.717) is 22.9 Å². The van der Waals surface area contributed by atoms with Crippen molar-refractivity contribution < 1.29 is 9.53 Å². The van der Waals surface area contributed by atoms with E-state index < -0.39 is 0 Å². The van der Waals surface area contributed by atoms with Gasteiger partial charge in [0.1, 0.15) is 5.75 Å². The largest absolute Gasteiger partial charge is 0.495 e. The van der Waals surface area contributed by atoms with Crippen LogP contribution in [0.1, 0.15) is 41.2 Å². The number of ketones is 1. The molecule has 0 aliphatic carbocycles. The molecular weight excluding hydrogens is 395 g/mol. The average molecular weight is 421 g/mol. The molecule has 1 aliphatic heterocycles. The van der Waals surface area contributed by atoms with Crippen LogP contribution in [0.15, 0.2) is 42.5 Å². The number of benzene rings is 2. The minimum Gasteiger partial charge on any atom is -0.495 e. The standard InChI is InChI=1S/C22H26Cl2N2O2/c1-28-22-10-9-16(13-19(22)24)21(27)15-25-14-20(26-11-5-2-6-12-26)17-7-3-4-8-18(17)23/h3-4,7-10,13,20,25H,2,5-6,11-12,14-15H2,1H3. The van der Waals surface area contributed by atoms with Gasteiger partial charge in [-0.2, -0.15) is 0 Å². The molecule has 0 aromatic heterocycles. The first-order valence-electron chi connectivity index (χ1n) is 9.66. The molecule has 6 heteroatoms. The van der Waals surface area contributed by atoms with Crippen molar-refractivity contribution in [2.75, 3.05) is 33.3 Å². The highest BCUT2D eigenvalue weighted by molar-refractivity contribution is 6.32. The number of hydrogen-bond donors (Lipinski definition) is 1. The Bertz CT molecular complexity index is 807. The van der Waals surface area contributed by atoms with Crippen LogP contribution in [-0.2, 0) is 0 Å². The molecule has 0 amide bonds. The summed E-state index contributed by atoms with van der Waals surface area (Å²) in [6.07, 6.45) is 3.67. The second kappa shape index (κ2) is 10.3. The van der Waals surface area contributed by atoms with Crippen LogP contribution in [0.5, 0.6) is 5.75 Å². The van der Waals surface area contributed by atoms with Gasteiger partial charge in [-0.25, -0.2) is 0 Å². The van der Waals surface area contributed by atoms with Gasteiger partial charge in [0.15, 0.2) is 5.78 Å². The predicted molar refractivity (Wildman–Crippen MR) is 115 cm³/mol. The van der Waals surface area contributed by atoms with Crippen LogP contribution in [0.25, 0.3) is 0 Å². The zero-order chi connectivity index (χ0) is 19.9. The van der Waals surface area contributed by atoms with Gasteiger partial charge < -0.3 is 10.1 Å². The number of halogens is 2. The number of nitrogens with one attached hydrogen (secondary N) is 1. The molecule has 1 aliphatic rings. The number of Topliss-reactive ketones (excluding diaryl/α,β-unsaturated/α-hetero) is 1. The van der Waals surface area contributed by atoms with Crippen LogP contribution < -0.4 is 10.1 Å². The lowest BCUT2D eigenvalue weighted by Crippen LogP contribution is -2.40. The number of nitrogens with zero attached hydrogens (tertiary/aromatic N) is 1. The van der Waals surface area contributed by atoms with E-state index in [1.807, 2.05) is 18.2 Å². The molecule has 1 unspecified atom stereocenters. The van der Waals surface area contributed by atoms with Crippen molar-refractivity contribution in [1.82, 2.24) is 10.2 Å². The molecule has 1 N–H and O–H groups in total. The van der Waals surface area contributed by atoms with E-state index in [9.17, 15) is 4.79 Å². The number of rotatable bonds is 8. The van der Waals surface area contributed by atoms with Crippen LogP contribution in [0.3, 0.4) is 0 Å². The number of ether oxygens (including phenoxy) is 1. The van der Waals surface area contributed by atoms with Gasteiger partial charge >= 0.3 is 0 Å². The maximum atomic E-state index is 12.6. The third-order valence-corrected chi connectivity index (χ3v) is 5.83. The molecule has 1 heterocycles. The predicted octanol–water partition coefficient (Wildman–Crippen LogP) is 5.00. The zero-order valence-corrected chi connectivity index (χ0v) is 17.6. The first-order chi connectivity index (χ1) is 13.6. The Hall–Kier alpha value is -1.59. The van der Waals surface area contributed by atoms with E-state index in [0.717, 1.165) is 23.7 Å². The normalized spacial score (nSPS) is 16.0. The summed E-state index contributed by atoms with van der Waals surface area (Å²) in [5.41, 5.74) is 1.68. The fourth-order valence-corrected chi connectivity index (χ4v) is 4.19. The number of carbonyl (C=O) groups excluding carboxylic acids is 1. The van der Waals surface area contributed by atoms with Crippen LogP contribution in [-0.4, -0.2) is 44.0 Å². The maximum absolute atomic E-state index is 12.6. The molecule has 3 rings (SSSR count). The number of piperidine rings is 1. The van der Waals surface area contributed by atoms with E-state index in [2.05, 4.69) is 16.3 Å². The van der Waals surface area contributed by atoms with Gasteiger partial charge in [0.05, 0.1) is 18.7 Å². The Morgan fingerprint density at radius 1 is 1.11 bits per heavy atom. The first-order valence-corrected chi connectivity index (χ1v) is 10.4. The molecule has 0 spiro atoms. The summed E-state index contributed by atoms with van der Waals surface area (Å²) in [7, 11) is 1.56. The summed E-state index contributed by atoms with van der Waals surface area (Å²) < 4.78 is 5.14. The fourth-order valence-electron chi connectivity index (χ4n) is 3.68. The smallest absolute Gasteiger partial charge is 0.176 e. The quantitative estimate of drug-likeness (QED) is 0.609. The van der Waals surface area contributed by atoms with Crippen LogP contribution in [0, 0.1) is 0 Å². The lowest BCUT2D eigenvalue weighted by Gasteiger charge is -2.35. The number of methoxy groups -OCH3 is 1. The van der Waals surface area contributed by atoms with Crippen LogP contribution in [0.4, 0.5) is 0 Å². The fraction of sp³-hybridized carbons (Fsp3) is 0.409. The molecule has 1 fully saturated rings. The SMILES string of the molecule is COc1ccc(C(=O)CNCC(c2ccccc2Cl)N2CCCCC2)cc1Cl. The number of likely N-dealkylation sites (tertiary alicyclic amines) is 1. The molecular formula is C22H26Cl2N2O2. The van der Waals surface area contributed by atoms with E-state index >= 15 is 0 Å². The van der Waals surface area contributed by atoms with Crippen LogP contribution >= 0.6 is 23.2 Å². The Balaban J connectivity index is 1.65. The third kappa shape index (κ3) is 5.26. The van der Waals surface area contributed by atoms with Crippen LogP contribution in [0.2, 0.25) is 10.0 Å². The van der Waals surface area contributed by atoms with Crippen molar-refractivity contribution in [3.63, 3.8) is 0 Å². The highest BCUT2D eigenvalue weighted by Gasteiger charge is 2.24. The summed E-state index contributed by atoms with van der Waals surface area (Å²) in [6, 6.07) is 13.2. The highest BCUT2D eigenvalue weighted by Crippen LogP contribution is 2.29.